The predicted octanol–water partition coefficient (Wildman–Crippen LogP) is 2.46. The highest BCUT2D eigenvalue weighted by atomic mass is 16.4. The fourth-order valence-corrected chi connectivity index (χ4v) is 2.11. The van der Waals surface area contributed by atoms with E-state index in [1.54, 1.807) is 12.1 Å². The highest BCUT2D eigenvalue weighted by Gasteiger charge is 2.34. The maximum atomic E-state index is 12.1. The largest absolute Gasteiger partial charge is 0.477 e. The number of carboxylic acid groups (broad SMARTS) is 1. The van der Waals surface area contributed by atoms with Crippen molar-refractivity contribution in [1.29, 1.82) is 0 Å². The van der Waals surface area contributed by atoms with Crippen LogP contribution in [0.5, 0.6) is 0 Å². The van der Waals surface area contributed by atoms with E-state index < -0.39 is 5.97 Å². The molecule has 0 unspecified atom stereocenters. The number of aromatic nitrogens is 1. The molecule has 0 radical (unpaired) electrons. The molecule has 0 spiro atoms. The molecule has 3 rings (SSSR count). The van der Waals surface area contributed by atoms with Gasteiger partial charge in [-0.25, -0.2) is 4.79 Å². The fourth-order valence-electron chi connectivity index (χ4n) is 2.11. The number of benzene rings is 1. The lowest BCUT2D eigenvalue weighted by atomic mass is 10.0. The summed E-state index contributed by atoms with van der Waals surface area (Å²) < 4.78 is 0. The van der Waals surface area contributed by atoms with Crippen molar-refractivity contribution in [3.8, 4) is 0 Å². The Labute approximate surface area is 97.3 Å². The third-order valence-electron chi connectivity index (χ3n) is 3.11. The molecular formula is C13H11NO3. The molecule has 0 aliphatic heterocycles. The molecule has 1 aromatic heterocycles. The van der Waals surface area contributed by atoms with Crippen LogP contribution in [-0.2, 0) is 0 Å². The first-order chi connectivity index (χ1) is 8.18. The quantitative estimate of drug-likeness (QED) is 0.794. The van der Waals surface area contributed by atoms with Crippen LogP contribution in [-0.4, -0.2) is 21.8 Å². The number of aromatic carboxylic acids is 1. The van der Waals surface area contributed by atoms with Gasteiger partial charge in [0.05, 0.1) is 5.56 Å². The van der Waals surface area contributed by atoms with Gasteiger partial charge in [-0.05, 0) is 18.9 Å². The average Bonchev–Trinajstić information content (AvgIpc) is 3.08. The highest BCUT2D eigenvalue weighted by molar-refractivity contribution is 6.16. The van der Waals surface area contributed by atoms with Gasteiger partial charge in [-0.15, -0.1) is 0 Å². The Hall–Kier alpha value is -2.10. The summed E-state index contributed by atoms with van der Waals surface area (Å²) in [5.41, 5.74) is 1.06. The Balaban J connectivity index is 2.27. The lowest BCUT2D eigenvalue weighted by molar-refractivity contribution is 0.0686. The molecule has 2 N–H and O–H groups in total. The van der Waals surface area contributed by atoms with Gasteiger partial charge in [0.1, 0.15) is 5.69 Å². The number of carbonyl (C=O) groups is 2. The molecule has 4 heteroatoms. The van der Waals surface area contributed by atoms with Gasteiger partial charge in [-0.3, -0.25) is 4.79 Å². The molecule has 0 saturated heterocycles. The van der Waals surface area contributed by atoms with E-state index in [2.05, 4.69) is 4.98 Å². The monoisotopic (exact) mass is 229 g/mol. The van der Waals surface area contributed by atoms with Crippen LogP contribution in [0.3, 0.4) is 0 Å². The second-order valence-electron chi connectivity index (χ2n) is 4.36. The maximum absolute atomic E-state index is 12.1. The number of carbonyl (C=O) groups excluding carboxylic acids is 1. The number of rotatable bonds is 3. The second kappa shape index (κ2) is 3.45. The zero-order valence-corrected chi connectivity index (χ0v) is 9.06. The van der Waals surface area contributed by atoms with Gasteiger partial charge in [0.15, 0.2) is 5.78 Å². The van der Waals surface area contributed by atoms with E-state index in [0.717, 1.165) is 12.8 Å². The summed E-state index contributed by atoms with van der Waals surface area (Å²) in [4.78, 5) is 26.1. The zero-order valence-electron chi connectivity index (χ0n) is 9.06. The van der Waals surface area contributed by atoms with Crippen LogP contribution in [0, 0.1) is 5.92 Å². The van der Waals surface area contributed by atoms with Crippen LogP contribution in [0.1, 0.15) is 33.7 Å². The minimum absolute atomic E-state index is 0.0168. The highest BCUT2D eigenvalue weighted by Crippen LogP contribution is 2.36. The zero-order chi connectivity index (χ0) is 12.0. The Morgan fingerprint density at radius 3 is 2.59 bits per heavy atom. The second-order valence-corrected chi connectivity index (χ2v) is 4.36. The first kappa shape index (κ1) is 10.1. The average molecular weight is 229 g/mol. The Bertz CT molecular complexity index is 623. The lowest BCUT2D eigenvalue weighted by Gasteiger charge is -1.98. The first-order valence-electron chi connectivity index (χ1n) is 5.56. The Kier molecular flexibility index (Phi) is 2.04. The third-order valence-corrected chi connectivity index (χ3v) is 3.11. The number of hydrogen-bond acceptors (Lipinski definition) is 2. The van der Waals surface area contributed by atoms with Crippen molar-refractivity contribution in [3.05, 3.63) is 35.5 Å². The van der Waals surface area contributed by atoms with Gasteiger partial charge in [0.25, 0.3) is 0 Å². The number of ketones is 1. The number of aromatic amines is 1. The molecule has 1 aromatic carbocycles. The lowest BCUT2D eigenvalue weighted by Crippen LogP contribution is -2.08. The van der Waals surface area contributed by atoms with Crippen LogP contribution in [0.2, 0.25) is 0 Å². The van der Waals surface area contributed by atoms with E-state index >= 15 is 0 Å². The number of H-pyrrole nitrogens is 1. The van der Waals surface area contributed by atoms with Gasteiger partial charge in [0.2, 0.25) is 0 Å². The molecule has 1 fully saturated rings. The van der Waals surface area contributed by atoms with Crippen molar-refractivity contribution in [2.24, 2.45) is 5.92 Å². The van der Waals surface area contributed by atoms with Crippen molar-refractivity contribution in [2.45, 2.75) is 12.8 Å². The minimum atomic E-state index is -1.08. The number of fused-ring (bicyclic) bond motifs is 1. The standard InChI is InChI=1S/C13H11NO3/c15-12(7-5-6-7)10-8-3-1-2-4-9(8)14-11(10)13(16)17/h1-4,7,14H,5-6H2,(H,16,17). The van der Waals surface area contributed by atoms with Crippen LogP contribution >= 0.6 is 0 Å². The topological polar surface area (TPSA) is 70.2 Å². The summed E-state index contributed by atoms with van der Waals surface area (Å²) in [7, 11) is 0. The summed E-state index contributed by atoms with van der Waals surface area (Å²) in [5, 5.41) is 9.84. The Morgan fingerprint density at radius 1 is 1.24 bits per heavy atom. The maximum Gasteiger partial charge on any atom is 0.353 e. The van der Waals surface area contributed by atoms with Gasteiger partial charge in [-0.1, -0.05) is 18.2 Å². The van der Waals surface area contributed by atoms with Crippen molar-refractivity contribution in [1.82, 2.24) is 4.98 Å². The van der Waals surface area contributed by atoms with E-state index in [-0.39, 0.29) is 17.4 Å². The summed E-state index contributed by atoms with van der Waals surface area (Å²) >= 11 is 0. The summed E-state index contributed by atoms with van der Waals surface area (Å²) in [6.45, 7) is 0. The van der Waals surface area contributed by atoms with Crippen LogP contribution < -0.4 is 0 Å². The minimum Gasteiger partial charge on any atom is -0.477 e. The molecule has 4 nitrogen and oxygen atoms in total. The molecule has 1 aliphatic carbocycles. The summed E-state index contributed by atoms with van der Waals surface area (Å²) in [5.74, 6) is -1.10. The van der Waals surface area contributed by atoms with Crippen molar-refractivity contribution in [2.75, 3.05) is 0 Å². The van der Waals surface area contributed by atoms with Crippen LogP contribution in [0.15, 0.2) is 24.3 Å². The Morgan fingerprint density at radius 2 is 1.94 bits per heavy atom. The van der Waals surface area contributed by atoms with Crippen molar-refractivity contribution < 1.29 is 14.7 Å². The third kappa shape index (κ3) is 1.53. The van der Waals surface area contributed by atoms with E-state index in [0.29, 0.717) is 16.5 Å². The summed E-state index contributed by atoms with van der Waals surface area (Å²) in [6, 6.07) is 7.20. The molecule has 1 saturated carbocycles. The van der Waals surface area contributed by atoms with Gasteiger partial charge in [-0.2, -0.15) is 0 Å². The van der Waals surface area contributed by atoms with Crippen molar-refractivity contribution >= 4 is 22.7 Å². The molecule has 1 heterocycles. The number of para-hydroxylation sites is 1. The number of nitrogens with one attached hydrogen (secondary N) is 1. The van der Waals surface area contributed by atoms with Gasteiger partial charge < -0.3 is 10.1 Å². The number of carboxylic acids is 1. The van der Waals surface area contributed by atoms with Crippen LogP contribution in [0.4, 0.5) is 0 Å². The van der Waals surface area contributed by atoms with E-state index in [9.17, 15) is 9.59 Å². The molecule has 0 amide bonds. The SMILES string of the molecule is O=C(O)c1[nH]c2ccccc2c1C(=O)C1CC1. The molecule has 17 heavy (non-hydrogen) atoms. The summed E-state index contributed by atoms with van der Waals surface area (Å²) in [6.07, 6.45) is 1.74. The van der Waals surface area contributed by atoms with E-state index in [4.69, 9.17) is 5.11 Å². The number of Topliss-reactive ketones (excluding diaryl/α,β-unsaturated/α-hetero) is 1. The van der Waals surface area contributed by atoms with Crippen molar-refractivity contribution in [3.63, 3.8) is 0 Å². The van der Waals surface area contributed by atoms with Gasteiger partial charge in [0, 0.05) is 16.8 Å². The van der Waals surface area contributed by atoms with Crippen LogP contribution in [0.25, 0.3) is 10.9 Å². The normalized spacial score (nSPS) is 15.1. The molecule has 1 aliphatic rings. The van der Waals surface area contributed by atoms with Gasteiger partial charge >= 0.3 is 5.97 Å². The molecule has 0 atom stereocenters. The first-order valence-corrected chi connectivity index (χ1v) is 5.56. The van der Waals surface area contributed by atoms with E-state index in [1.165, 1.54) is 0 Å². The molecular weight excluding hydrogens is 218 g/mol. The number of hydrogen-bond donors (Lipinski definition) is 2. The molecule has 2 aromatic rings. The van der Waals surface area contributed by atoms with E-state index in [1.807, 2.05) is 12.1 Å². The predicted molar refractivity (Wildman–Crippen MR) is 62.3 cm³/mol. The molecule has 0 bridgehead atoms. The molecule has 86 valence electrons. The smallest absolute Gasteiger partial charge is 0.353 e. The fraction of sp³-hybridized carbons (Fsp3) is 0.231.